The largest absolute Gasteiger partial charge is 0.492 e. The number of hydrogen-bond donors (Lipinski definition) is 0. The molecule has 204 valence electrons. The van der Waals surface area contributed by atoms with Gasteiger partial charge in [0.2, 0.25) is 10.0 Å². The van der Waals surface area contributed by atoms with E-state index in [0.717, 1.165) is 5.75 Å². The molecule has 1 aliphatic rings. The summed E-state index contributed by atoms with van der Waals surface area (Å²) in [6.45, 7) is 8.61. The van der Waals surface area contributed by atoms with Crippen molar-refractivity contribution in [1.29, 1.82) is 0 Å². The Balaban J connectivity index is 1.46. The summed E-state index contributed by atoms with van der Waals surface area (Å²) in [6.07, 6.45) is 0. The first-order chi connectivity index (χ1) is 18.0. The Morgan fingerprint density at radius 3 is 2.08 bits per heavy atom. The lowest BCUT2D eigenvalue weighted by Crippen LogP contribution is -2.49. The number of piperazine rings is 1. The smallest absolute Gasteiger partial charge is 0.264 e. The lowest BCUT2D eigenvalue weighted by atomic mass is 10.1. The molecule has 1 aliphatic heterocycles. The van der Waals surface area contributed by atoms with Crippen molar-refractivity contribution in [1.82, 2.24) is 9.21 Å². The summed E-state index contributed by atoms with van der Waals surface area (Å²) < 4.78 is 62.4. The third-order valence-electron chi connectivity index (χ3n) is 6.95. The first-order valence-corrected chi connectivity index (χ1v) is 15.5. The molecule has 0 spiro atoms. The van der Waals surface area contributed by atoms with Crippen LogP contribution in [0.15, 0.2) is 76.5 Å². The lowest BCUT2D eigenvalue weighted by molar-refractivity contribution is 0.159. The second kappa shape index (κ2) is 11.4. The summed E-state index contributed by atoms with van der Waals surface area (Å²) in [6, 6.07) is 19.3. The van der Waals surface area contributed by atoms with E-state index in [4.69, 9.17) is 4.74 Å². The first-order valence-electron chi connectivity index (χ1n) is 12.6. The molecule has 1 saturated heterocycles. The SMILES string of the molecule is Cc1ccc(OCCN2CCN(S(=O)(=O)c3ccc(C)c(N(C)S(=O)(=O)c4ccccc4)c3C)CC2)cc1. The molecule has 3 aromatic carbocycles. The van der Waals surface area contributed by atoms with E-state index in [0.29, 0.717) is 56.1 Å². The van der Waals surface area contributed by atoms with Crippen molar-refractivity contribution >= 4 is 25.7 Å². The average Bonchev–Trinajstić information content (AvgIpc) is 2.90. The van der Waals surface area contributed by atoms with Crippen LogP contribution in [0.2, 0.25) is 0 Å². The number of rotatable bonds is 9. The van der Waals surface area contributed by atoms with Crippen molar-refractivity contribution < 1.29 is 21.6 Å². The fourth-order valence-electron chi connectivity index (χ4n) is 4.71. The summed E-state index contributed by atoms with van der Waals surface area (Å²) in [4.78, 5) is 2.47. The normalized spacial score (nSPS) is 15.4. The van der Waals surface area contributed by atoms with Crippen LogP contribution < -0.4 is 9.04 Å². The Bertz CT molecular complexity index is 1470. The molecule has 10 heteroatoms. The molecule has 0 N–H and O–H groups in total. The van der Waals surface area contributed by atoms with E-state index in [1.165, 1.54) is 33.4 Å². The van der Waals surface area contributed by atoms with Gasteiger partial charge >= 0.3 is 0 Å². The van der Waals surface area contributed by atoms with Crippen LogP contribution in [0.3, 0.4) is 0 Å². The van der Waals surface area contributed by atoms with Crippen LogP contribution in [0.1, 0.15) is 16.7 Å². The lowest BCUT2D eigenvalue weighted by Gasteiger charge is -2.34. The third-order valence-corrected chi connectivity index (χ3v) is 10.8. The Labute approximate surface area is 226 Å². The van der Waals surface area contributed by atoms with Gasteiger partial charge in [-0.25, -0.2) is 16.8 Å². The molecule has 0 saturated carbocycles. The van der Waals surface area contributed by atoms with Gasteiger partial charge in [0.15, 0.2) is 0 Å². The number of hydrogen-bond acceptors (Lipinski definition) is 6. The fraction of sp³-hybridized carbons (Fsp3) is 0.357. The Kier molecular flexibility index (Phi) is 8.46. The van der Waals surface area contributed by atoms with Crippen molar-refractivity contribution in [2.75, 3.05) is 50.7 Å². The standard InChI is InChI=1S/C28H35N3O5S2/c1-22-10-13-25(14-11-22)36-21-20-30-16-18-31(19-17-30)38(34,35)27-15-12-23(2)28(24(27)3)29(4)37(32,33)26-8-6-5-7-9-26/h5-15H,16-21H2,1-4H3. The highest BCUT2D eigenvalue weighted by atomic mass is 32.2. The maximum absolute atomic E-state index is 13.7. The molecule has 0 bridgehead atoms. The number of aryl methyl sites for hydroxylation is 2. The van der Waals surface area contributed by atoms with Gasteiger partial charge in [-0.15, -0.1) is 0 Å². The van der Waals surface area contributed by atoms with Crippen LogP contribution in [0.5, 0.6) is 5.75 Å². The van der Waals surface area contributed by atoms with E-state index in [9.17, 15) is 16.8 Å². The predicted molar refractivity (Wildman–Crippen MR) is 150 cm³/mol. The second-order valence-electron chi connectivity index (χ2n) is 9.55. The highest BCUT2D eigenvalue weighted by Crippen LogP contribution is 2.34. The zero-order chi connectivity index (χ0) is 27.5. The first kappa shape index (κ1) is 28.1. The van der Waals surface area contributed by atoms with Crippen molar-refractivity contribution in [3.63, 3.8) is 0 Å². The van der Waals surface area contributed by atoms with E-state index in [2.05, 4.69) is 4.90 Å². The van der Waals surface area contributed by atoms with Gasteiger partial charge in [-0.3, -0.25) is 9.21 Å². The zero-order valence-corrected chi connectivity index (χ0v) is 23.9. The quantitative estimate of drug-likeness (QED) is 0.398. The Hall–Kier alpha value is -2.92. The minimum Gasteiger partial charge on any atom is -0.492 e. The molecule has 0 unspecified atom stereocenters. The maximum Gasteiger partial charge on any atom is 0.264 e. The summed E-state index contributed by atoms with van der Waals surface area (Å²) in [7, 11) is -6.21. The zero-order valence-electron chi connectivity index (χ0n) is 22.3. The van der Waals surface area contributed by atoms with E-state index < -0.39 is 20.0 Å². The van der Waals surface area contributed by atoms with Crippen LogP contribution in [0.25, 0.3) is 0 Å². The molecule has 0 aromatic heterocycles. The molecule has 8 nitrogen and oxygen atoms in total. The molecule has 0 radical (unpaired) electrons. The predicted octanol–water partition coefficient (Wildman–Crippen LogP) is 3.82. The molecule has 4 rings (SSSR count). The highest BCUT2D eigenvalue weighted by molar-refractivity contribution is 7.92. The van der Waals surface area contributed by atoms with E-state index in [1.807, 2.05) is 31.2 Å². The summed E-state index contributed by atoms with van der Waals surface area (Å²) >= 11 is 0. The molecule has 3 aromatic rings. The van der Waals surface area contributed by atoms with Gasteiger partial charge in [-0.1, -0.05) is 42.0 Å². The van der Waals surface area contributed by atoms with Crippen molar-refractivity contribution in [3.05, 3.63) is 83.4 Å². The van der Waals surface area contributed by atoms with Crippen LogP contribution in [0.4, 0.5) is 5.69 Å². The highest BCUT2D eigenvalue weighted by Gasteiger charge is 2.32. The Morgan fingerprint density at radius 1 is 0.816 bits per heavy atom. The molecule has 1 fully saturated rings. The minimum atomic E-state index is -3.86. The molecular formula is C28H35N3O5S2. The van der Waals surface area contributed by atoms with Gasteiger partial charge in [0, 0.05) is 39.8 Å². The molecule has 0 amide bonds. The number of anilines is 1. The van der Waals surface area contributed by atoms with Crippen LogP contribution >= 0.6 is 0 Å². The minimum absolute atomic E-state index is 0.129. The molecular weight excluding hydrogens is 522 g/mol. The van der Waals surface area contributed by atoms with Gasteiger partial charge < -0.3 is 4.74 Å². The monoisotopic (exact) mass is 557 g/mol. The third kappa shape index (κ3) is 5.88. The van der Waals surface area contributed by atoms with E-state index in [1.54, 1.807) is 44.2 Å². The van der Waals surface area contributed by atoms with Crippen molar-refractivity contribution in [2.45, 2.75) is 30.6 Å². The van der Waals surface area contributed by atoms with Crippen molar-refractivity contribution in [3.8, 4) is 5.75 Å². The molecule has 1 heterocycles. The topological polar surface area (TPSA) is 87.2 Å². The summed E-state index contributed by atoms with van der Waals surface area (Å²) in [5.74, 6) is 0.821. The van der Waals surface area contributed by atoms with Gasteiger partial charge in [0.05, 0.1) is 15.5 Å². The molecule has 0 aliphatic carbocycles. The van der Waals surface area contributed by atoms with Gasteiger partial charge in [0.25, 0.3) is 10.0 Å². The number of ether oxygens (including phenoxy) is 1. The van der Waals surface area contributed by atoms with Crippen LogP contribution in [-0.2, 0) is 20.0 Å². The maximum atomic E-state index is 13.7. The van der Waals surface area contributed by atoms with E-state index >= 15 is 0 Å². The van der Waals surface area contributed by atoms with Gasteiger partial charge in [-0.05, 0) is 62.2 Å². The van der Waals surface area contributed by atoms with Gasteiger partial charge in [-0.2, -0.15) is 4.31 Å². The fourth-order valence-corrected chi connectivity index (χ4v) is 7.70. The second-order valence-corrected chi connectivity index (χ2v) is 13.4. The number of sulfonamides is 2. The number of nitrogens with zero attached hydrogens (tertiary/aromatic N) is 3. The Morgan fingerprint density at radius 2 is 1.45 bits per heavy atom. The summed E-state index contributed by atoms with van der Waals surface area (Å²) in [5, 5.41) is 0. The van der Waals surface area contributed by atoms with Crippen molar-refractivity contribution in [2.24, 2.45) is 0 Å². The van der Waals surface area contributed by atoms with Crippen LogP contribution in [-0.4, -0.2) is 72.4 Å². The van der Waals surface area contributed by atoms with E-state index in [-0.39, 0.29) is 9.79 Å². The number of benzene rings is 3. The summed E-state index contributed by atoms with van der Waals surface area (Å²) in [5.41, 5.74) is 2.65. The molecule has 38 heavy (non-hydrogen) atoms. The van der Waals surface area contributed by atoms with Gasteiger partial charge in [0.1, 0.15) is 12.4 Å². The molecule has 0 atom stereocenters. The average molecular weight is 558 g/mol. The van der Waals surface area contributed by atoms with Crippen LogP contribution in [0, 0.1) is 20.8 Å².